The van der Waals surface area contributed by atoms with Crippen molar-refractivity contribution in [2.24, 2.45) is 5.92 Å². The van der Waals surface area contributed by atoms with Crippen LogP contribution < -0.4 is 0 Å². The summed E-state index contributed by atoms with van der Waals surface area (Å²) in [5.74, 6) is 0.632. The molecular weight excluding hydrogens is 152 g/mol. The molecule has 0 aromatic rings. The van der Waals surface area contributed by atoms with Crippen molar-refractivity contribution in [3.63, 3.8) is 0 Å². The van der Waals surface area contributed by atoms with E-state index in [-0.39, 0.29) is 5.60 Å². The van der Waals surface area contributed by atoms with Gasteiger partial charge in [-0.2, -0.15) is 0 Å². The van der Waals surface area contributed by atoms with Crippen molar-refractivity contribution in [2.45, 2.75) is 44.1 Å². The minimum atomic E-state index is -0.321. The highest BCUT2D eigenvalue weighted by Crippen LogP contribution is 2.36. The maximum absolute atomic E-state index is 10.1. The van der Waals surface area contributed by atoms with Crippen LogP contribution in [0.3, 0.4) is 0 Å². The third kappa shape index (κ3) is 1.80. The lowest BCUT2D eigenvalue weighted by Gasteiger charge is -2.24. The summed E-state index contributed by atoms with van der Waals surface area (Å²) >= 11 is 0. The fourth-order valence-electron chi connectivity index (χ4n) is 2.52. The van der Waals surface area contributed by atoms with Crippen LogP contribution >= 0.6 is 0 Å². The molecule has 0 aromatic carbocycles. The molecule has 1 unspecified atom stereocenters. The Bertz CT molecular complexity index is 144. The normalized spacial score (nSPS) is 34.2. The molecule has 1 atom stereocenters. The quantitative estimate of drug-likeness (QED) is 0.683. The van der Waals surface area contributed by atoms with Crippen LogP contribution in [0.1, 0.15) is 38.5 Å². The molecule has 1 aliphatic heterocycles. The minimum absolute atomic E-state index is 0.321. The predicted octanol–water partition coefficient (Wildman–Crippen LogP) is 1.72. The second-order valence-corrected chi connectivity index (χ2v) is 4.37. The summed E-state index contributed by atoms with van der Waals surface area (Å²) in [4.78, 5) is 0. The molecule has 0 spiro atoms. The SMILES string of the molecule is OC1(CC2CCOC2)CCCC1. The molecule has 0 aromatic heterocycles. The Morgan fingerprint density at radius 2 is 2.08 bits per heavy atom. The van der Waals surface area contributed by atoms with Gasteiger partial charge in [0.15, 0.2) is 0 Å². The topological polar surface area (TPSA) is 29.5 Å². The van der Waals surface area contributed by atoms with Crippen LogP contribution in [-0.2, 0) is 4.74 Å². The van der Waals surface area contributed by atoms with Gasteiger partial charge in [-0.15, -0.1) is 0 Å². The fourth-order valence-corrected chi connectivity index (χ4v) is 2.52. The number of ether oxygens (including phenoxy) is 1. The predicted molar refractivity (Wildman–Crippen MR) is 47.0 cm³/mol. The molecule has 2 heteroatoms. The van der Waals surface area contributed by atoms with Gasteiger partial charge in [-0.05, 0) is 31.6 Å². The van der Waals surface area contributed by atoms with E-state index in [0.29, 0.717) is 5.92 Å². The van der Waals surface area contributed by atoms with Crippen LogP contribution in [0.15, 0.2) is 0 Å². The van der Waals surface area contributed by atoms with Gasteiger partial charge in [0.05, 0.1) is 5.60 Å². The van der Waals surface area contributed by atoms with Gasteiger partial charge in [0.2, 0.25) is 0 Å². The second kappa shape index (κ2) is 3.35. The van der Waals surface area contributed by atoms with Gasteiger partial charge in [-0.3, -0.25) is 0 Å². The summed E-state index contributed by atoms with van der Waals surface area (Å²) in [6, 6.07) is 0. The van der Waals surface area contributed by atoms with Gasteiger partial charge < -0.3 is 9.84 Å². The third-order valence-corrected chi connectivity index (χ3v) is 3.23. The molecule has 0 bridgehead atoms. The average Bonchev–Trinajstić information content (AvgIpc) is 2.62. The molecule has 2 aliphatic rings. The van der Waals surface area contributed by atoms with E-state index >= 15 is 0 Å². The average molecular weight is 170 g/mol. The third-order valence-electron chi connectivity index (χ3n) is 3.23. The summed E-state index contributed by atoms with van der Waals surface area (Å²) < 4.78 is 5.30. The Morgan fingerprint density at radius 1 is 1.33 bits per heavy atom. The van der Waals surface area contributed by atoms with E-state index in [0.717, 1.165) is 38.9 Å². The maximum atomic E-state index is 10.1. The van der Waals surface area contributed by atoms with E-state index in [2.05, 4.69) is 0 Å². The van der Waals surface area contributed by atoms with Crippen LogP contribution in [0.5, 0.6) is 0 Å². The van der Waals surface area contributed by atoms with Crippen LogP contribution in [0.2, 0.25) is 0 Å². The number of rotatable bonds is 2. The van der Waals surface area contributed by atoms with Gasteiger partial charge in [0.1, 0.15) is 0 Å². The van der Waals surface area contributed by atoms with E-state index in [1.807, 2.05) is 0 Å². The lowest BCUT2D eigenvalue weighted by molar-refractivity contribution is 0.0202. The Kier molecular flexibility index (Phi) is 2.37. The molecule has 1 saturated heterocycles. The van der Waals surface area contributed by atoms with Gasteiger partial charge in [-0.25, -0.2) is 0 Å². The minimum Gasteiger partial charge on any atom is -0.390 e. The van der Waals surface area contributed by atoms with Crippen molar-refractivity contribution in [1.82, 2.24) is 0 Å². The molecular formula is C10H18O2. The van der Waals surface area contributed by atoms with E-state index in [1.165, 1.54) is 12.8 Å². The van der Waals surface area contributed by atoms with Crippen molar-refractivity contribution in [1.29, 1.82) is 0 Å². The van der Waals surface area contributed by atoms with Gasteiger partial charge in [0.25, 0.3) is 0 Å². The highest BCUT2D eigenvalue weighted by atomic mass is 16.5. The molecule has 0 amide bonds. The molecule has 1 heterocycles. The number of hydrogen-bond acceptors (Lipinski definition) is 2. The van der Waals surface area contributed by atoms with Crippen molar-refractivity contribution < 1.29 is 9.84 Å². The highest BCUT2D eigenvalue weighted by molar-refractivity contribution is 4.87. The van der Waals surface area contributed by atoms with Gasteiger partial charge >= 0.3 is 0 Å². The van der Waals surface area contributed by atoms with Crippen LogP contribution in [-0.4, -0.2) is 23.9 Å². The first-order valence-electron chi connectivity index (χ1n) is 5.09. The van der Waals surface area contributed by atoms with E-state index in [4.69, 9.17) is 4.74 Å². The molecule has 1 N–H and O–H groups in total. The molecule has 2 nitrogen and oxygen atoms in total. The van der Waals surface area contributed by atoms with Gasteiger partial charge in [-0.1, -0.05) is 12.8 Å². The van der Waals surface area contributed by atoms with E-state index in [1.54, 1.807) is 0 Å². The second-order valence-electron chi connectivity index (χ2n) is 4.37. The monoisotopic (exact) mass is 170 g/mol. The number of hydrogen-bond donors (Lipinski definition) is 1. The molecule has 2 rings (SSSR count). The molecule has 12 heavy (non-hydrogen) atoms. The molecule has 70 valence electrons. The van der Waals surface area contributed by atoms with E-state index < -0.39 is 0 Å². The Hall–Kier alpha value is -0.0800. The first-order valence-corrected chi connectivity index (χ1v) is 5.09. The van der Waals surface area contributed by atoms with Crippen molar-refractivity contribution >= 4 is 0 Å². The van der Waals surface area contributed by atoms with Crippen molar-refractivity contribution in [2.75, 3.05) is 13.2 Å². The summed E-state index contributed by atoms with van der Waals surface area (Å²) in [5, 5.41) is 10.1. The first-order chi connectivity index (χ1) is 5.79. The molecule has 0 radical (unpaired) electrons. The molecule has 1 aliphatic carbocycles. The largest absolute Gasteiger partial charge is 0.390 e. The Balaban J connectivity index is 1.83. The van der Waals surface area contributed by atoms with E-state index in [9.17, 15) is 5.11 Å². The van der Waals surface area contributed by atoms with Crippen LogP contribution in [0, 0.1) is 5.92 Å². The Morgan fingerprint density at radius 3 is 2.67 bits per heavy atom. The Labute approximate surface area is 73.9 Å². The van der Waals surface area contributed by atoms with Crippen LogP contribution in [0.25, 0.3) is 0 Å². The van der Waals surface area contributed by atoms with Crippen LogP contribution in [0.4, 0.5) is 0 Å². The summed E-state index contributed by atoms with van der Waals surface area (Å²) in [7, 11) is 0. The fraction of sp³-hybridized carbons (Fsp3) is 1.00. The zero-order chi connectivity index (χ0) is 8.44. The van der Waals surface area contributed by atoms with Crippen molar-refractivity contribution in [3.05, 3.63) is 0 Å². The maximum Gasteiger partial charge on any atom is 0.0651 e. The first kappa shape index (κ1) is 8.52. The molecule has 2 fully saturated rings. The van der Waals surface area contributed by atoms with Gasteiger partial charge in [0, 0.05) is 13.2 Å². The zero-order valence-electron chi connectivity index (χ0n) is 7.59. The lowest BCUT2D eigenvalue weighted by atomic mass is 9.89. The number of aliphatic hydroxyl groups is 1. The zero-order valence-corrected chi connectivity index (χ0v) is 7.59. The standard InChI is InChI=1S/C10H18O2/c11-10(4-1-2-5-10)7-9-3-6-12-8-9/h9,11H,1-8H2. The lowest BCUT2D eigenvalue weighted by Crippen LogP contribution is -2.27. The summed E-state index contributed by atoms with van der Waals surface area (Å²) in [6.07, 6.45) is 6.59. The summed E-state index contributed by atoms with van der Waals surface area (Å²) in [6.45, 7) is 1.78. The smallest absolute Gasteiger partial charge is 0.0651 e. The van der Waals surface area contributed by atoms with Crippen molar-refractivity contribution in [3.8, 4) is 0 Å². The molecule has 1 saturated carbocycles. The highest BCUT2D eigenvalue weighted by Gasteiger charge is 2.34. The summed E-state index contributed by atoms with van der Waals surface area (Å²) in [5.41, 5.74) is -0.321.